The van der Waals surface area contributed by atoms with Gasteiger partial charge in [-0.15, -0.1) is 0 Å². The summed E-state index contributed by atoms with van der Waals surface area (Å²) in [5.74, 6) is 1.41. The maximum atomic E-state index is 5.79. The smallest absolute Gasteiger partial charge is 0.0901 e. The van der Waals surface area contributed by atoms with E-state index in [4.69, 9.17) is 18.9 Å². The predicted octanol–water partition coefficient (Wildman–Crippen LogP) is 3.41. The first kappa shape index (κ1) is 17.8. The van der Waals surface area contributed by atoms with E-state index < -0.39 is 0 Å². The lowest BCUT2D eigenvalue weighted by atomic mass is 9.83. The van der Waals surface area contributed by atoms with E-state index in [9.17, 15) is 0 Å². The van der Waals surface area contributed by atoms with E-state index in [-0.39, 0.29) is 5.41 Å². The highest BCUT2D eigenvalue weighted by Crippen LogP contribution is 2.31. The van der Waals surface area contributed by atoms with Crippen molar-refractivity contribution in [3.63, 3.8) is 0 Å². The number of hydrogen-bond donors (Lipinski definition) is 0. The molecule has 4 heteroatoms. The van der Waals surface area contributed by atoms with Gasteiger partial charge in [0.2, 0.25) is 0 Å². The largest absolute Gasteiger partial charge is 0.502 e. The Labute approximate surface area is 135 Å². The molecule has 0 aromatic carbocycles. The second kappa shape index (κ2) is 9.53. The minimum atomic E-state index is 0.284. The van der Waals surface area contributed by atoms with Gasteiger partial charge in [0.05, 0.1) is 45.9 Å². The van der Waals surface area contributed by atoms with Gasteiger partial charge in [0, 0.05) is 12.0 Å². The Bertz CT molecular complexity index is 301. The highest BCUT2D eigenvalue weighted by molar-refractivity contribution is 4.83. The average Bonchev–Trinajstić information content (AvgIpc) is 2.52. The lowest BCUT2D eigenvalue weighted by molar-refractivity contribution is -0.153. The fraction of sp³-hybridized carbons (Fsp3) is 0.889. The zero-order chi connectivity index (χ0) is 15.7. The SMILES string of the molecule is C=COCC1CCC(COCCOCC2(CC)COC2)CC1. The molecule has 0 aromatic rings. The Morgan fingerprint density at radius 3 is 2.23 bits per heavy atom. The van der Waals surface area contributed by atoms with Crippen LogP contribution in [0.3, 0.4) is 0 Å². The third kappa shape index (κ3) is 5.56. The molecule has 1 saturated carbocycles. The van der Waals surface area contributed by atoms with E-state index in [2.05, 4.69) is 13.5 Å². The molecule has 0 bridgehead atoms. The Kier molecular flexibility index (Phi) is 7.70. The van der Waals surface area contributed by atoms with Crippen molar-refractivity contribution >= 4 is 0 Å². The molecule has 1 aliphatic carbocycles. The molecule has 2 aliphatic rings. The molecule has 0 amide bonds. The lowest BCUT2D eigenvalue weighted by Gasteiger charge is -2.40. The molecule has 128 valence electrons. The normalized spacial score (nSPS) is 27.1. The van der Waals surface area contributed by atoms with Crippen LogP contribution < -0.4 is 0 Å². The van der Waals surface area contributed by atoms with E-state index in [0.29, 0.717) is 25.0 Å². The zero-order valence-electron chi connectivity index (χ0n) is 14.1. The van der Waals surface area contributed by atoms with Crippen LogP contribution in [0, 0.1) is 17.3 Å². The van der Waals surface area contributed by atoms with Crippen LogP contribution in [0.1, 0.15) is 39.0 Å². The average molecular weight is 312 g/mol. The third-order valence-corrected chi connectivity index (χ3v) is 5.12. The van der Waals surface area contributed by atoms with Gasteiger partial charge in [-0.05, 0) is 43.9 Å². The van der Waals surface area contributed by atoms with Gasteiger partial charge in [0.1, 0.15) is 0 Å². The minimum Gasteiger partial charge on any atom is -0.502 e. The number of ether oxygens (including phenoxy) is 4. The minimum absolute atomic E-state index is 0.284. The zero-order valence-corrected chi connectivity index (χ0v) is 14.1. The Morgan fingerprint density at radius 2 is 1.68 bits per heavy atom. The maximum absolute atomic E-state index is 5.79. The molecular formula is C18H32O4. The van der Waals surface area contributed by atoms with E-state index in [1.54, 1.807) is 6.26 Å². The first-order valence-corrected chi connectivity index (χ1v) is 8.74. The molecule has 1 aliphatic heterocycles. The summed E-state index contributed by atoms with van der Waals surface area (Å²) in [7, 11) is 0. The molecule has 4 nitrogen and oxygen atoms in total. The van der Waals surface area contributed by atoms with Gasteiger partial charge < -0.3 is 18.9 Å². The molecule has 1 saturated heterocycles. The van der Waals surface area contributed by atoms with Gasteiger partial charge in [-0.3, -0.25) is 0 Å². The number of hydrogen-bond acceptors (Lipinski definition) is 4. The van der Waals surface area contributed by atoms with Crippen LogP contribution >= 0.6 is 0 Å². The van der Waals surface area contributed by atoms with Crippen molar-refractivity contribution in [1.29, 1.82) is 0 Å². The molecule has 0 spiro atoms. The second-order valence-corrected chi connectivity index (χ2v) is 6.86. The van der Waals surface area contributed by atoms with Crippen molar-refractivity contribution in [2.45, 2.75) is 39.0 Å². The molecule has 2 rings (SSSR count). The lowest BCUT2D eigenvalue weighted by Crippen LogP contribution is -2.45. The molecule has 2 fully saturated rings. The standard InChI is InChI=1S/C18H32O4/c1-3-18(14-22-15-18)13-21-10-9-20-12-17-7-5-16(6-8-17)11-19-4-2/h4,16-17H,2-3,5-15H2,1H3. The van der Waals surface area contributed by atoms with Gasteiger partial charge in [-0.25, -0.2) is 0 Å². The fourth-order valence-electron chi connectivity index (χ4n) is 3.21. The highest BCUT2D eigenvalue weighted by atomic mass is 16.5. The Balaban J connectivity index is 1.43. The molecule has 0 unspecified atom stereocenters. The van der Waals surface area contributed by atoms with E-state index in [1.807, 2.05) is 0 Å². The maximum Gasteiger partial charge on any atom is 0.0901 e. The first-order valence-electron chi connectivity index (χ1n) is 8.74. The summed E-state index contributed by atoms with van der Waals surface area (Å²) in [6, 6.07) is 0. The molecule has 0 atom stereocenters. The summed E-state index contributed by atoms with van der Waals surface area (Å²) >= 11 is 0. The molecule has 1 heterocycles. The van der Waals surface area contributed by atoms with Crippen LogP contribution in [0.2, 0.25) is 0 Å². The summed E-state index contributed by atoms with van der Waals surface area (Å²) in [5, 5.41) is 0. The molecule has 22 heavy (non-hydrogen) atoms. The summed E-state index contributed by atoms with van der Waals surface area (Å²) in [6.45, 7) is 11.4. The van der Waals surface area contributed by atoms with Crippen molar-refractivity contribution in [1.82, 2.24) is 0 Å². The van der Waals surface area contributed by atoms with Crippen molar-refractivity contribution < 1.29 is 18.9 Å². The van der Waals surface area contributed by atoms with Gasteiger partial charge >= 0.3 is 0 Å². The highest BCUT2D eigenvalue weighted by Gasteiger charge is 2.36. The van der Waals surface area contributed by atoms with E-state index in [1.165, 1.54) is 25.7 Å². The molecular weight excluding hydrogens is 280 g/mol. The van der Waals surface area contributed by atoms with E-state index >= 15 is 0 Å². The summed E-state index contributed by atoms with van der Waals surface area (Å²) in [6.07, 6.45) is 7.68. The monoisotopic (exact) mass is 312 g/mol. The molecule has 0 N–H and O–H groups in total. The fourth-order valence-corrected chi connectivity index (χ4v) is 3.21. The Morgan fingerprint density at radius 1 is 1.05 bits per heavy atom. The van der Waals surface area contributed by atoms with Crippen molar-refractivity contribution in [3.8, 4) is 0 Å². The van der Waals surface area contributed by atoms with Crippen LogP contribution in [-0.2, 0) is 18.9 Å². The van der Waals surface area contributed by atoms with Crippen LogP contribution in [0.4, 0.5) is 0 Å². The van der Waals surface area contributed by atoms with Crippen molar-refractivity contribution in [2.24, 2.45) is 17.3 Å². The van der Waals surface area contributed by atoms with Gasteiger partial charge in [-0.2, -0.15) is 0 Å². The van der Waals surface area contributed by atoms with Crippen LogP contribution in [0.25, 0.3) is 0 Å². The third-order valence-electron chi connectivity index (χ3n) is 5.12. The second-order valence-electron chi connectivity index (χ2n) is 6.86. The van der Waals surface area contributed by atoms with Crippen LogP contribution in [-0.4, -0.2) is 46.2 Å². The van der Waals surface area contributed by atoms with Gasteiger partial charge in [0.25, 0.3) is 0 Å². The van der Waals surface area contributed by atoms with Crippen molar-refractivity contribution in [3.05, 3.63) is 12.8 Å². The number of rotatable bonds is 11. The predicted molar refractivity (Wildman–Crippen MR) is 86.8 cm³/mol. The Hall–Kier alpha value is -0.580. The van der Waals surface area contributed by atoms with Gasteiger partial charge in [0.15, 0.2) is 0 Å². The summed E-state index contributed by atoms with van der Waals surface area (Å²) in [4.78, 5) is 0. The topological polar surface area (TPSA) is 36.9 Å². The van der Waals surface area contributed by atoms with Crippen molar-refractivity contribution in [2.75, 3.05) is 46.2 Å². The summed E-state index contributed by atoms with van der Waals surface area (Å²) in [5.41, 5.74) is 0.284. The van der Waals surface area contributed by atoms with E-state index in [0.717, 1.165) is 39.5 Å². The van der Waals surface area contributed by atoms with Crippen LogP contribution in [0.15, 0.2) is 12.8 Å². The summed E-state index contributed by atoms with van der Waals surface area (Å²) < 4.78 is 22.1. The first-order chi connectivity index (χ1) is 10.8. The van der Waals surface area contributed by atoms with Crippen LogP contribution in [0.5, 0.6) is 0 Å². The molecule has 0 radical (unpaired) electrons. The van der Waals surface area contributed by atoms with Gasteiger partial charge in [-0.1, -0.05) is 13.5 Å². The molecule has 0 aromatic heterocycles. The quantitative estimate of drug-likeness (QED) is 0.433.